The number of rotatable bonds is 6. The van der Waals surface area contributed by atoms with Crippen LogP contribution in [0.4, 0.5) is 0 Å². The summed E-state index contributed by atoms with van der Waals surface area (Å²) in [5.41, 5.74) is -3.21. The van der Waals surface area contributed by atoms with Gasteiger partial charge < -0.3 is 25.2 Å². The molecule has 0 bridgehead atoms. The van der Waals surface area contributed by atoms with Crippen molar-refractivity contribution < 1.29 is 39.5 Å². The van der Waals surface area contributed by atoms with Crippen LogP contribution in [-0.2, 0) is 19.1 Å². The molecule has 136 valence electrons. The van der Waals surface area contributed by atoms with E-state index in [0.717, 1.165) is 0 Å². The molecule has 0 rings (SSSR count). The molecular weight excluding hydrogens is 308 g/mol. The van der Waals surface area contributed by atoms with E-state index in [1.165, 1.54) is 41.5 Å². The molecule has 23 heavy (non-hydrogen) atoms. The quantitative estimate of drug-likeness (QED) is 0.397. The fourth-order valence-corrected chi connectivity index (χ4v) is 0.557. The second-order valence-corrected chi connectivity index (χ2v) is 7.11. The van der Waals surface area contributed by atoms with Gasteiger partial charge in [-0.1, -0.05) is 0 Å². The number of hydrogen-bond donors (Lipinski definition) is 4. The van der Waals surface area contributed by atoms with Crippen LogP contribution < -0.4 is 0 Å². The average molecular weight is 336 g/mol. The highest BCUT2D eigenvalue weighted by Gasteiger charge is 2.36. The van der Waals surface area contributed by atoms with Gasteiger partial charge in [0.2, 0.25) is 0 Å². The lowest BCUT2D eigenvalue weighted by molar-refractivity contribution is -0.174. The summed E-state index contributed by atoms with van der Waals surface area (Å²) in [6.45, 7) is 7.68. The Morgan fingerprint density at radius 3 is 1.09 bits per heavy atom. The number of aliphatic carboxylic acids is 1. The minimum Gasteiger partial charge on any atom is -0.481 e. The molecule has 0 aliphatic rings. The van der Waals surface area contributed by atoms with Gasteiger partial charge in [0.05, 0.1) is 36.1 Å². The summed E-state index contributed by atoms with van der Waals surface area (Å²) in [7, 11) is 0. The van der Waals surface area contributed by atoms with Gasteiger partial charge in [-0.15, -0.1) is 0 Å². The Kier molecular flexibility index (Phi) is 9.24. The second-order valence-electron chi connectivity index (χ2n) is 7.11. The van der Waals surface area contributed by atoms with Gasteiger partial charge in [-0.05, 0) is 41.5 Å². The topological polar surface area (TPSA) is 141 Å². The highest BCUT2D eigenvalue weighted by atomic mass is 16.6. The fraction of sp³-hybridized carbons (Fsp3) is 0.800. The zero-order valence-corrected chi connectivity index (χ0v) is 14.5. The zero-order chi connectivity index (χ0) is 19.1. The van der Waals surface area contributed by atoms with Gasteiger partial charge in [0, 0.05) is 0 Å². The molecule has 0 aromatic carbocycles. The summed E-state index contributed by atoms with van der Waals surface area (Å²) in [5.74, 6) is -2.56. The van der Waals surface area contributed by atoms with Crippen molar-refractivity contribution in [3.8, 4) is 0 Å². The molecule has 0 saturated heterocycles. The van der Waals surface area contributed by atoms with Crippen molar-refractivity contribution >= 4 is 17.9 Å². The Morgan fingerprint density at radius 2 is 0.957 bits per heavy atom. The van der Waals surface area contributed by atoms with Gasteiger partial charge in [-0.3, -0.25) is 14.4 Å². The molecule has 0 radical (unpaired) electrons. The van der Waals surface area contributed by atoms with Crippen LogP contribution in [0.25, 0.3) is 0 Å². The van der Waals surface area contributed by atoms with Crippen molar-refractivity contribution in [3.63, 3.8) is 0 Å². The lowest BCUT2D eigenvalue weighted by atomic mass is 9.93. The lowest BCUT2D eigenvalue weighted by Crippen LogP contribution is -2.38. The molecule has 8 heteroatoms. The van der Waals surface area contributed by atoms with Crippen LogP contribution in [0.2, 0.25) is 0 Å². The highest BCUT2D eigenvalue weighted by Crippen LogP contribution is 2.21. The maximum absolute atomic E-state index is 11.4. The van der Waals surface area contributed by atoms with Crippen LogP contribution >= 0.6 is 0 Å². The molecule has 0 aliphatic carbocycles. The van der Waals surface area contributed by atoms with Crippen molar-refractivity contribution in [2.24, 2.45) is 16.2 Å². The molecule has 0 amide bonds. The van der Waals surface area contributed by atoms with E-state index in [4.69, 9.17) is 20.4 Å². The molecule has 0 fully saturated rings. The standard InChI is InChI=1S/C10H18O5.C5H10O3/c1-9(2,5-11)7(13)15-8(14)10(3,4)6-12;1-5(2,3-6)4(7)8/h11-12H,5-6H2,1-4H3;6H,3H2,1-2H3,(H,7,8). The largest absolute Gasteiger partial charge is 0.481 e. The van der Waals surface area contributed by atoms with E-state index in [1.807, 2.05) is 0 Å². The van der Waals surface area contributed by atoms with Gasteiger partial charge >= 0.3 is 17.9 Å². The van der Waals surface area contributed by atoms with E-state index >= 15 is 0 Å². The maximum atomic E-state index is 11.4. The molecule has 0 saturated carbocycles. The first-order valence-corrected chi connectivity index (χ1v) is 7.00. The van der Waals surface area contributed by atoms with E-state index in [9.17, 15) is 14.4 Å². The number of aliphatic hydroxyl groups is 3. The third-order valence-corrected chi connectivity index (χ3v) is 3.06. The summed E-state index contributed by atoms with van der Waals surface area (Å²) in [5, 5.41) is 34.4. The highest BCUT2D eigenvalue weighted by molar-refractivity contribution is 5.91. The Labute approximate surface area is 136 Å². The molecular formula is C15H28O8. The molecule has 4 N–H and O–H groups in total. The smallest absolute Gasteiger partial charge is 0.321 e. The Balaban J connectivity index is 0. The van der Waals surface area contributed by atoms with Gasteiger partial charge in [-0.2, -0.15) is 0 Å². The van der Waals surface area contributed by atoms with E-state index < -0.39 is 47.4 Å². The van der Waals surface area contributed by atoms with Crippen molar-refractivity contribution in [2.75, 3.05) is 19.8 Å². The summed E-state index contributed by atoms with van der Waals surface area (Å²) >= 11 is 0. The molecule has 0 aliphatic heterocycles. The van der Waals surface area contributed by atoms with Gasteiger partial charge in [-0.25, -0.2) is 0 Å². The predicted molar refractivity (Wildman–Crippen MR) is 81.3 cm³/mol. The number of carbonyl (C=O) groups is 3. The number of carbonyl (C=O) groups excluding carboxylic acids is 2. The van der Waals surface area contributed by atoms with Gasteiger partial charge in [0.25, 0.3) is 0 Å². The fourth-order valence-electron chi connectivity index (χ4n) is 0.557. The number of hydrogen-bond acceptors (Lipinski definition) is 7. The Morgan fingerprint density at radius 1 is 0.696 bits per heavy atom. The summed E-state index contributed by atoms with van der Waals surface area (Å²) in [4.78, 5) is 32.9. The van der Waals surface area contributed by atoms with E-state index in [2.05, 4.69) is 4.74 Å². The molecule has 0 atom stereocenters. The minimum absolute atomic E-state index is 0.317. The van der Waals surface area contributed by atoms with E-state index in [-0.39, 0.29) is 6.61 Å². The maximum Gasteiger partial charge on any atom is 0.321 e. The number of aliphatic hydroxyl groups excluding tert-OH is 3. The molecule has 0 aromatic heterocycles. The normalized spacial score (nSPS) is 12.0. The summed E-state index contributed by atoms with van der Waals surface area (Å²) in [6, 6.07) is 0. The second kappa shape index (κ2) is 8.95. The van der Waals surface area contributed by atoms with Crippen LogP contribution in [-0.4, -0.2) is 58.2 Å². The summed E-state index contributed by atoms with van der Waals surface area (Å²) < 4.78 is 4.56. The van der Waals surface area contributed by atoms with E-state index in [1.54, 1.807) is 0 Å². The monoisotopic (exact) mass is 336 g/mol. The average Bonchev–Trinajstić information content (AvgIpc) is 2.47. The van der Waals surface area contributed by atoms with Crippen LogP contribution in [0.15, 0.2) is 0 Å². The lowest BCUT2D eigenvalue weighted by Gasteiger charge is -2.23. The number of carboxylic acid groups (broad SMARTS) is 1. The van der Waals surface area contributed by atoms with Crippen LogP contribution in [0.3, 0.4) is 0 Å². The number of ether oxygens (including phenoxy) is 1. The number of carboxylic acids is 1. The first kappa shape index (κ1) is 23.8. The Hall–Kier alpha value is -1.51. The third kappa shape index (κ3) is 8.06. The molecule has 0 heterocycles. The number of esters is 2. The van der Waals surface area contributed by atoms with Gasteiger partial charge in [0.1, 0.15) is 0 Å². The van der Waals surface area contributed by atoms with E-state index in [0.29, 0.717) is 0 Å². The predicted octanol–water partition coefficient (Wildman–Crippen LogP) is 0.183. The Bertz CT molecular complexity index is 397. The molecule has 0 spiro atoms. The van der Waals surface area contributed by atoms with Crippen molar-refractivity contribution in [1.29, 1.82) is 0 Å². The first-order valence-electron chi connectivity index (χ1n) is 7.00. The minimum atomic E-state index is -1.11. The first-order chi connectivity index (χ1) is 10.2. The van der Waals surface area contributed by atoms with Crippen molar-refractivity contribution in [3.05, 3.63) is 0 Å². The molecule has 8 nitrogen and oxygen atoms in total. The van der Waals surface area contributed by atoms with Crippen LogP contribution in [0.1, 0.15) is 41.5 Å². The van der Waals surface area contributed by atoms with Gasteiger partial charge in [0.15, 0.2) is 0 Å². The molecule has 0 unspecified atom stereocenters. The summed E-state index contributed by atoms with van der Waals surface area (Å²) in [6.07, 6.45) is 0. The van der Waals surface area contributed by atoms with Crippen LogP contribution in [0, 0.1) is 16.2 Å². The zero-order valence-electron chi connectivity index (χ0n) is 14.5. The van der Waals surface area contributed by atoms with Crippen LogP contribution in [0.5, 0.6) is 0 Å². The molecule has 0 aromatic rings. The third-order valence-electron chi connectivity index (χ3n) is 3.06. The SMILES string of the molecule is CC(C)(CO)C(=O)O.CC(C)(CO)C(=O)OC(=O)C(C)(C)CO. The van der Waals surface area contributed by atoms with Crippen molar-refractivity contribution in [2.45, 2.75) is 41.5 Å². The van der Waals surface area contributed by atoms with Crippen molar-refractivity contribution in [1.82, 2.24) is 0 Å².